The van der Waals surface area contributed by atoms with Crippen molar-refractivity contribution in [2.45, 2.75) is 13.0 Å². The quantitative estimate of drug-likeness (QED) is 0.635. The summed E-state index contributed by atoms with van der Waals surface area (Å²) in [6.45, 7) is 0.320. The normalized spacial score (nSPS) is 10.9. The monoisotopic (exact) mass is 342 g/mol. The van der Waals surface area contributed by atoms with Crippen LogP contribution in [-0.4, -0.2) is 11.5 Å². The highest BCUT2D eigenvalue weighted by atomic mass is 32.1. The van der Waals surface area contributed by atoms with Gasteiger partial charge in [0.1, 0.15) is 5.75 Å². The van der Waals surface area contributed by atoms with Gasteiger partial charge in [-0.1, -0.05) is 30.3 Å². The summed E-state index contributed by atoms with van der Waals surface area (Å²) in [4.78, 5) is 5.22. The van der Waals surface area contributed by atoms with Crippen molar-refractivity contribution in [1.29, 1.82) is 0 Å². The van der Waals surface area contributed by atoms with Gasteiger partial charge in [0, 0.05) is 5.69 Å². The van der Waals surface area contributed by atoms with Crippen LogP contribution in [0.2, 0.25) is 0 Å². The van der Waals surface area contributed by atoms with Crippen molar-refractivity contribution >= 4 is 23.0 Å². The maximum atomic E-state index is 12.0. The van der Waals surface area contributed by atoms with Crippen LogP contribution in [0.25, 0.3) is 0 Å². The number of anilines is 1. The van der Waals surface area contributed by atoms with E-state index in [2.05, 4.69) is 15.5 Å². The number of hydroxylamine groups is 1. The first-order valence-corrected chi connectivity index (χ1v) is 6.92. The maximum absolute atomic E-state index is 12.0. The second-order valence-electron chi connectivity index (χ2n) is 4.40. The van der Waals surface area contributed by atoms with E-state index in [9.17, 15) is 13.2 Å². The Labute approximate surface area is 136 Å². The Balaban J connectivity index is 1.76. The standard InChI is InChI=1S/C15H13F3N2O2S/c16-15(17,18)22-13-8-6-12(7-9-13)19-14(23)20-21-10-11-4-2-1-3-5-11/h1-9H,10H2,(H2,19,20,23). The summed E-state index contributed by atoms with van der Waals surface area (Å²) in [5.41, 5.74) is 4.01. The number of halogens is 3. The van der Waals surface area contributed by atoms with Gasteiger partial charge >= 0.3 is 6.36 Å². The number of nitrogens with one attached hydrogen (secondary N) is 2. The predicted octanol–water partition coefficient (Wildman–Crippen LogP) is 4.00. The van der Waals surface area contributed by atoms with Crippen LogP contribution >= 0.6 is 12.2 Å². The van der Waals surface area contributed by atoms with Crippen LogP contribution in [0.1, 0.15) is 5.56 Å². The zero-order valence-electron chi connectivity index (χ0n) is 11.8. The zero-order chi connectivity index (χ0) is 16.7. The maximum Gasteiger partial charge on any atom is 0.573 e. The van der Waals surface area contributed by atoms with Gasteiger partial charge in [0.05, 0.1) is 6.61 Å². The molecule has 0 atom stereocenters. The van der Waals surface area contributed by atoms with Gasteiger partial charge in [-0.2, -0.15) is 0 Å². The van der Waals surface area contributed by atoms with Crippen LogP contribution in [-0.2, 0) is 11.4 Å². The fourth-order valence-electron chi connectivity index (χ4n) is 1.66. The Morgan fingerprint density at radius 1 is 1.00 bits per heavy atom. The van der Waals surface area contributed by atoms with E-state index in [0.29, 0.717) is 12.3 Å². The Hall–Kier alpha value is -2.32. The lowest BCUT2D eigenvalue weighted by atomic mass is 10.2. The second-order valence-corrected chi connectivity index (χ2v) is 4.81. The molecule has 0 heterocycles. The molecule has 0 radical (unpaired) electrons. The first kappa shape index (κ1) is 17.0. The van der Waals surface area contributed by atoms with Gasteiger partial charge in [-0.15, -0.1) is 13.2 Å². The van der Waals surface area contributed by atoms with Crippen molar-refractivity contribution < 1.29 is 22.7 Å². The molecule has 23 heavy (non-hydrogen) atoms. The molecule has 2 aromatic rings. The lowest BCUT2D eigenvalue weighted by molar-refractivity contribution is -0.274. The van der Waals surface area contributed by atoms with Crippen LogP contribution in [0.3, 0.4) is 0 Å². The molecule has 0 saturated heterocycles. The Morgan fingerprint density at radius 3 is 2.26 bits per heavy atom. The van der Waals surface area contributed by atoms with Gasteiger partial charge in [-0.25, -0.2) is 5.48 Å². The summed E-state index contributed by atoms with van der Waals surface area (Å²) in [5.74, 6) is -0.303. The van der Waals surface area contributed by atoms with Crippen molar-refractivity contribution in [3.8, 4) is 5.75 Å². The molecule has 2 aromatic carbocycles. The van der Waals surface area contributed by atoms with E-state index < -0.39 is 6.36 Å². The number of rotatable bonds is 5. The lowest BCUT2D eigenvalue weighted by Crippen LogP contribution is -2.28. The van der Waals surface area contributed by atoms with Gasteiger partial charge in [0.25, 0.3) is 0 Å². The molecule has 0 saturated carbocycles. The molecular weight excluding hydrogens is 329 g/mol. The Kier molecular flexibility index (Phi) is 5.78. The first-order valence-electron chi connectivity index (χ1n) is 6.51. The van der Waals surface area contributed by atoms with Crippen molar-refractivity contribution in [1.82, 2.24) is 5.48 Å². The largest absolute Gasteiger partial charge is 0.573 e. The number of ether oxygens (including phenoxy) is 1. The number of alkyl halides is 3. The molecular formula is C15H13F3N2O2S. The minimum atomic E-state index is -4.71. The minimum Gasteiger partial charge on any atom is -0.406 e. The molecule has 0 unspecified atom stereocenters. The Morgan fingerprint density at radius 2 is 1.65 bits per heavy atom. The summed E-state index contributed by atoms with van der Waals surface area (Å²) in [6.07, 6.45) is -4.71. The molecule has 0 aliphatic carbocycles. The molecule has 0 spiro atoms. The van der Waals surface area contributed by atoms with Gasteiger partial charge in [-0.3, -0.25) is 4.84 Å². The van der Waals surface area contributed by atoms with Crippen LogP contribution < -0.4 is 15.5 Å². The number of hydrogen-bond acceptors (Lipinski definition) is 3. The van der Waals surface area contributed by atoms with Crippen LogP contribution in [0, 0.1) is 0 Å². The first-order chi connectivity index (χ1) is 10.9. The molecule has 122 valence electrons. The molecule has 8 heteroatoms. The topological polar surface area (TPSA) is 42.5 Å². The fraction of sp³-hybridized carbons (Fsp3) is 0.133. The second kappa shape index (κ2) is 7.80. The summed E-state index contributed by atoms with van der Waals surface area (Å²) in [7, 11) is 0. The molecule has 2 N–H and O–H groups in total. The highest BCUT2D eigenvalue weighted by Gasteiger charge is 2.30. The summed E-state index contributed by atoms with van der Waals surface area (Å²) >= 11 is 5.01. The minimum absolute atomic E-state index is 0.186. The van der Waals surface area contributed by atoms with E-state index in [1.165, 1.54) is 24.3 Å². The summed E-state index contributed by atoms with van der Waals surface area (Å²) < 4.78 is 39.9. The third kappa shape index (κ3) is 6.54. The van der Waals surface area contributed by atoms with Gasteiger partial charge in [0.2, 0.25) is 0 Å². The van der Waals surface area contributed by atoms with Crippen LogP contribution in [0.5, 0.6) is 5.75 Å². The van der Waals surface area contributed by atoms with E-state index in [4.69, 9.17) is 17.1 Å². The van der Waals surface area contributed by atoms with E-state index in [1.807, 2.05) is 30.3 Å². The average Bonchev–Trinajstić information content (AvgIpc) is 2.49. The van der Waals surface area contributed by atoms with Crippen molar-refractivity contribution in [3.63, 3.8) is 0 Å². The molecule has 0 amide bonds. The molecule has 0 fully saturated rings. The van der Waals surface area contributed by atoms with Crippen molar-refractivity contribution in [2.75, 3.05) is 5.32 Å². The predicted molar refractivity (Wildman–Crippen MR) is 83.7 cm³/mol. The third-order valence-corrected chi connectivity index (χ3v) is 2.78. The van der Waals surface area contributed by atoms with Gasteiger partial charge < -0.3 is 10.1 Å². The summed E-state index contributed by atoms with van der Waals surface area (Å²) in [6, 6.07) is 14.7. The molecule has 0 bridgehead atoms. The number of hydrogen-bond donors (Lipinski definition) is 2. The van der Waals surface area contributed by atoms with Gasteiger partial charge in [-0.05, 0) is 42.0 Å². The van der Waals surface area contributed by atoms with E-state index in [1.54, 1.807) is 0 Å². The molecule has 0 aliphatic rings. The van der Waals surface area contributed by atoms with Crippen molar-refractivity contribution in [3.05, 3.63) is 60.2 Å². The molecule has 4 nitrogen and oxygen atoms in total. The van der Waals surface area contributed by atoms with Crippen molar-refractivity contribution in [2.24, 2.45) is 0 Å². The summed E-state index contributed by atoms with van der Waals surface area (Å²) in [5, 5.41) is 2.96. The average molecular weight is 342 g/mol. The molecule has 0 aromatic heterocycles. The lowest BCUT2D eigenvalue weighted by Gasteiger charge is -2.12. The van der Waals surface area contributed by atoms with E-state index in [0.717, 1.165) is 5.56 Å². The number of benzene rings is 2. The number of thiocarbonyl (C=S) groups is 1. The molecule has 2 rings (SSSR count). The van der Waals surface area contributed by atoms with E-state index in [-0.39, 0.29) is 10.9 Å². The SMILES string of the molecule is FC(F)(F)Oc1ccc(NC(=S)NOCc2ccccc2)cc1. The fourth-order valence-corrected chi connectivity index (χ4v) is 1.83. The Bertz CT molecular complexity index is 633. The van der Waals surface area contributed by atoms with E-state index >= 15 is 0 Å². The highest BCUT2D eigenvalue weighted by molar-refractivity contribution is 7.80. The zero-order valence-corrected chi connectivity index (χ0v) is 12.6. The van der Waals surface area contributed by atoms with Crippen LogP contribution in [0.15, 0.2) is 54.6 Å². The smallest absolute Gasteiger partial charge is 0.406 e. The third-order valence-electron chi connectivity index (χ3n) is 2.59. The molecule has 0 aliphatic heterocycles. The van der Waals surface area contributed by atoms with Crippen LogP contribution in [0.4, 0.5) is 18.9 Å². The van der Waals surface area contributed by atoms with Gasteiger partial charge in [0.15, 0.2) is 5.11 Å². The highest BCUT2D eigenvalue weighted by Crippen LogP contribution is 2.23.